The van der Waals surface area contributed by atoms with Gasteiger partial charge in [-0.05, 0) is 75.3 Å². The summed E-state index contributed by atoms with van der Waals surface area (Å²) in [6.07, 6.45) is 12.9. The fraction of sp³-hybridized carbons (Fsp3) is 0.333. The average molecular weight is 456 g/mol. The molecule has 0 bridgehead atoms. The lowest BCUT2D eigenvalue weighted by Gasteiger charge is -2.19. The van der Waals surface area contributed by atoms with E-state index in [1.165, 1.54) is 11.1 Å². The van der Waals surface area contributed by atoms with Crippen LogP contribution in [-0.4, -0.2) is 14.9 Å². The molecule has 34 heavy (non-hydrogen) atoms. The van der Waals surface area contributed by atoms with Gasteiger partial charge in [0, 0.05) is 18.0 Å². The third-order valence-electron chi connectivity index (χ3n) is 6.28. The number of rotatable bonds is 10. The van der Waals surface area contributed by atoms with Crippen molar-refractivity contribution in [2.75, 3.05) is 0 Å². The minimum absolute atomic E-state index is 0.559. The summed E-state index contributed by atoms with van der Waals surface area (Å²) < 4.78 is 6.06. The molecule has 0 saturated carbocycles. The molecule has 1 aliphatic rings. The maximum absolute atomic E-state index is 6.06. The van der Waals surface area contributed by atoms with Gasteiger partial charge in [0.2, 0.25) is 0 Å². The topological polar surface area (TPSA) is 38.2 Å². The van der Waals surface area contributed by atoms with Crippen LogP contribution in [0.15, 0.2) is 96.5 Å². The van der Waals surface area contributed by atoms with Crippen molar-refractivity contribution in [3.8, 4) is 11.4 Å². The quantitative estimate of drug-likeness (QED) is 0.271. The molecule has 178 valence electrons. The molecular formula is C30H37N3O. The van der Waals surface area contributed by atoms with Gasteiger partial charge in [-0.15, -0.1) is 0 Å². The Labute approximate surface area is 205 Å². The first kappa shape index (κ1) is 25.2. The first-order valence-electron chi connectivity index (χ1n) is 12.1. The molecule has 1 atom stereocenters. The van der Waals surface area contributed by atoms with Crippen LogP contribution in [0.4, 0.5) is 0 Å². The minimum atomic E-state index is 0.559. The van der Waals surface area contributed by atoms with Crippen LogP contribution < -0.4 is 0 Å². The molecule has 0 fully saturated rings. The second-order valence-electron chi connectivity index (χ2n) is 9.03. The molecule has 0 aliphatic carbocycles. The van der Waals surface area contributed by atoms with E-state index in [1.807, 2.05) is 44.5 Å². The Balaban J connectivity index is 1.72. The van der Waals surface area contributed by atoms with Crippen molar-refractivity contribution in [3.05, 3.63) is 108 Å². The third-order valence-corrected chi connectivity index (χ3v) is 6.28. The highest BCUT2D eigenvalue weighted by Crippen LogP contribution is 2.32. The predicted molar refractivity (Wildman–Crippen MR) is 141 cm³/mol. The Morgan fingerprint density at radius 1 is 1.18 bits per heavy atom. The van der Waals surface area contributed by atoms with Crippen LogP contribution in [-0.2, 0) is 17.7 Å². The second kappa shape index (κ2) is 11.6. The van der Waals surface area contributed by atoms with Gasteiger partial charge in [0.1, 0.15) is 5.76 Å². The number of ether oxygens (including phenoxy) is 1. The Morgan fingerprint density at radius 2 is 1.91 bits per heavy atom. The van der Waals surface area contributed by atoms with Gasteiger partial charge in [0.05, 0.1) is 12.2 Å². The molecule has 0 spiro atoms. The van der Waals surface area contributed by atoms with Crippen molar-refractivity contribution < 1.29 is 4.74 Å². The zero-order chi connectivity index (χ0) is 24.7. The summed E-state index contributed by atoms with van der Waals surface area (Å²) in [5.41, 5.74) is 6.70. The lowest BCUT2D eigenvalue weighted by molar-refractivity contribution is 0.249. The number of benzene rings is 1. The van der Waals surface area contributed by atoms with Crippen LogP contribution in [0.5, 0.6) is 0 Å². The van der Waals surface area contributed by atoms with Gasteiger partial charge in [-0.1, -0.05) is 62.4 Å². The van der Waals surface area contributed by atoms with E-state index < -0.39 is 0 Å². The summed E-state index contributed by atoms with van der Waals surface area (Å²) in [5.74, 6) is 2.99. The lowest BCUT2D eigenvalue weighted by Crippen LogP contribution is -2.16. The Hall–Kier alpha value is -3.40. The minimum Gasteiger partial charge on any atom is -0.439 e. The van der Waals surface area contributed by atoms with E-state index in [4.69, 9.17) is 4.74 Å². The van der Waals surface area contributed by atoms with Crippen LogP contribution >= 0.6 is 0 Å². The molecule has 4 heteroatoms. The molecule has 4 nitrogen and oxygen atoms in total. The largest absolute Gasteiger partial charge is 0.439 e. The molecular weight excluding hydrogens is 418 g/mol. The number of hydrogen-bond donors (Lipinski definition) is 0. The second-order valence-corrected chi connectivity index (χ2v) is 9.03. The van der Waals surface area contributed by atoms with E-state index in [-0.39, 0.29) is 0 Å². The van der Waals surface area contributed by atoms with Gasteiger partial charge in [0.15, 0.2) is 11.7 Å². The summed E-state index contributed by atoms with van der Waals surface area (Å²) in [5, 5.41) is 0. The van der Waals surface area contributed by atoms with E-state index >= 15 is 0 Å². The van der Waals surface area contributed by atoms with E-state index in [1.54, 1.807) is 0 Å². The molecule has 0 N–H and O–H groups in total. The molecule has 1 unspecified atom stereocenters. The molecule has 3 rings (SSSR count). The molecule has 2 heterocycles. The van der Waals surface area contributed by atoms with E-state index in [9.17, 15) is 0 Å². The van der Waals surface area contributed by atoms with Crippen molar-refractivity contribution in [2.24, 2.45) is 5.92 Å². The Kier molecular flexibility index (Phi) is 8.64. The first-order chi connectivity index (χ1) is 16.3. The maximum Gasteiger partial charge on any atom is 0.196 e. The number of aromatic nitrogens is 2. The van der Waals surface area contributed by atoms with Crippen LogP contribution in [0, 0.1) is 5.92 Å². The molecule has 1 aromatic heterocycles. The normalized spacial score (nSPS) is 15.8. The van der Waals surface area contributed by atoms with Gasteiger partial charge < -0.3 is 9.64 Å². The van der Waals surface area contributed by atoms with Gasteiger partial charge in [-0.3, -0.25) is 0 Å². The lowest BCUT2D eigenvalue weighted by atomic mass is 9.95. The van der Waals surface area contributed by atoms with E-state index in [2.05, 4.69) is 73.1 Å². The van der Waals surface area contributed by atoms with Crippen LogP contribution in [0.1, 0.15) is 58.6 Å². The van der Waals surface area contributed by atoms with Gasteiger partial charge >= 0.3 is 0 Å². The summed E-state index contributed by atoms with van der Waals surface area (Å²) in [6, 6.07) is 8.40. The van der Waals surface area contributed by atoms with E-state index in [0.29, 0.717) is 12.5 Å². The standard InChI is InChI=1S/C30H37N3O/c1-8-22(5)23(6)14-15-26-18-31-30(32-19-26)27-12-10-11-25(17-27)20-33-24(7)28(16-13-21(3)4)34-29(33)9-2/h9-13,16-19,22H,3,6,8,14-15,20H2,1-2,4-5,7H3/b16-13-,29-9?. The van der Waals surface area contributed by atoms with Crippen molar-refractivity contribution >= 4 is 0 Å². The number of hydrogen-bond acceptors (Lipinski definition) is 4. The molecule has 0 saturated heterocycles. The molecule has 0 radical (unpaired) electrons. The molecule has 0 amide bonds. The fourth-order valence-corrected chi connectivity index (χ4v) is 3.79. The number of nitrogens with zero attached hydrogens (tertiary/aromatic N) is 3. The van der Waals surface area contributed by atoms with Crippen molar-refractivity contribution in [1.29, 1.82) is 0 Å². The van der Waals surface area contributed by atoms with Crippen LogP contribution in [0.3, 0.4) is 0 Å². The summed E-state index contributed by atoms with van der Waals surface area (Å²) in [4.78, 5) is 11.5. The number of allylic oxidation sites excluding steroid dienone is 6. The summed E-state index contributed by atoms with van der Waals surface area (Å²) in [6.45, 7) is 19.3. The third kappa shape index (κ3) is 6.34. The fourth-order valence-electron chi connectivity index (χ4n) is 3.79. The van der Waals surface area contributed by atoms with E-state index in [0.717, 1.165) is 59.1 Å². The van der Waals surface area contributed by atoms with Crippen molar-refractivity contribution in [2.45, 2.75) is 60.4 Å². The monoisotopic (exact) mass is 455 g/mol. The molecule has 1 aliphatic heterocycles. The zero-order valence-electron chi connectivity index (χ0n) is 21.3. The highest BCUT2D eigenvalue weighted by atomic mass is 16.5. The molecule has 1 aromatic carbocycles. The van der Waals surface area contributed by atoms with Gasteiger partial charge in [-0.2, -0.15) is 0 Å². The first-order valence-corrected chi connectivity index (χ1v) is 12.1. The summed E-state index contributed by atoms with van der Waals surface area (Å²) in [7, 11) is 0. The SMILES string of the molecule is C=C(C)/C=C\C1=C(C)N(Cc2cccc(-c3ncc(CCC(=C)C(C)CC)cn3)c2)C(=CC)O1. The smallest absolute Gasteiger partial charge is 0.196 e. The van der Waals surface area contributed by atoms with Crippen LogP contribution in [0.25, 0.3) is 11.4 Å². The maximum atomic E-state index is 6.06. The average Bonchev–Trinajstić information content (AvgIpc) is 3.15. The Morgan fingerprint density at radius 3 is 2.56 bits per heavy atom. The van der Waals surface area contributed by atoms with Gasteiger partial charge in [-0.25, -0.2) is 9.97 Å². The highest BCUT2D eigenvalue weighted by Gasteiger charge is 2.24. The Bertz CT molecular complexity index is 1120. The summed E-state index contributed by atoms with van der Waals surface area (Å²) >= 11 is 0. The highest BCUT2D eigenvalue weighted by molar-refractivity contribution is 5.56. The molecule has 2 aromatic rings. The van der Waals surface area contributed by atoms with Crippen LogP contribution in [0.2, 0.25) is 0 Å². The van der Waals surface area contributed by atoms with Crippen molar-refractivity contribution in [1.82, 2.24) is 14.9 Å². The zero-order valence-corrected chi connectivity index (χ0v) is 21.3. The van der Waals surface area contributed by atoms with Gasteiger partial charge in [0.25, 0.3) is 0 Å². The predicted octanol–water partition coefficient (Wildman–Crippen LogP) is 7.74. The number of aryl methyl sites for hydroxylation is 1. The van der Waals surface area contributed by atoms with Crippen molar-refractivity contribution in [3.63, 3.8) is 0 Å².